The first kappa shape index (κ1) is 17.9. The number of nitrogens with one attached hydrogen (secondary N) is 1. The minimum Gasteiger partial charge on any atom is -0.454 e. The Morgan fingerprint density at radius 3 is 2.57 bits per heavy atom. The normalized spacial score (nSPS) is 13.6. The zero-order chi connectivity index (χ0) is 19.3. The molecule has 0 fully saturated rings. The number of hydrazine groups is 1. The van der Waals surface area contributed by atoms with E-state index in [9.17, 15) is 9.59 Å². The number of esters is 1. The first-order valence-corrected chi connectivity index (χ1v) is 9.60. The van der Waals surface area contributed by atoms with E-state index in [0.717, 1.165) is 10.6 Å². The average Bonchev–Trinajstić information content (AvgIpc) is 3.23. The van der Waals surface area contributed by atoms with Gasteiger partial charge in [0.2, 0.25) is 5.91 Å². The minimum absolute atomic E-state index is 0.0699. The summed E-state index contributed by atoms with van der Waals surface area (Å²) in [4.78, 5) is 29.1. The molecule has 28 heavy (non-hydrogen) atoms. The molecule has 0 unspecified atom stereocenters. The van der Waals surface area contributed by atoms with Crippen LogP contribution in [0.25, 0.3) is 10.6 Å². The number of hydrogen-bond acceptors (Lipinski definition) is 6. The molecule has 3 aromatic rings. The number of nitrogens with zero attached hydrogens (tertiary/aromatic N) is 2. The van der Waals surface area contributed by atoms with Crippen LogP contribution in [0.5, 0.6) is 0 Å². The van der Waals surface area contributed by atoms with Gasteiger partial charge in [-0.2, -0.15) is 0 Å². The number of carbonyl (C=O) groups excluding carboxylic acids is 2. The Bertz CT molecular complexity index is 1020. The molecule has 0 atom stereocenters. The number of ether oxygens (including phenoxy) is 1. The van der Waals surface area contributed by atoms with Gasteiger partial charge in [0.1, 0.15) is 17.3 Å². The van der Waals surface area contributed by atoms with E-state index in [1.807, 2.05) is 53.9 Å². The molecule has 7 heteroatoms. The van der Waals surface area contributed by atoms with Gasteiger partial charge in [-0.25, -0.2) is 14.8 Å². The molecule has 0 saturated carbocycles. The van der Waals surface area contributed by atoms with Gasteiger partial charge in [-0.3, -0.25) is 10.2 Å². The Morgan fingerprint density at radius 2 is 1.82 bits per heavy atom. The minimum atomic E-state index is -0.525. The fraction of sp³-hybridized carbons (Fsp3) is 0.0952. The van der Waals surface area contributed by atoms with Gasteiger partial charge in [0.15, 0.2) is 0 Å². The van der Waals surface area contributed by atoms with Gasteiger partial charge < -0.3 is 4.74 Å². The molecule has 2 aromatic carbocycles. The van der Waals surface area contributed by atoms with Crippen LogP contribution in [-0.2, 0) is 20.9 Å². The predicted molar refractivity (Wildman–Crippen MR) is 107 cm³/mol. The highest BCUT2D eigenvalue weighted by Crippen LogP contribution is 2.24. The highest BCUT2D eigenvalue weighted by molar-refractivity contribution is 7.13. The standard InChI is InChI=1S/C21H17N3O3S/c25-19-12-11-18(23-24(19)17-9-5-2-6-10-17)21(26)27-13-16-14-28-20(22-16)15-7-3-1-4-8-15/h1-11,14,23H,12-13H2. The maximum atomic E-state index is 12.4. The summed E-state index contributed by atoms with van der Waals surface area (Å²) in [6.45, 7) is 0.0699. The summed E-state index contributed by atoms with van der Waals surface area (Å²) in [6.07, 6.45) is 1.67. The van der Waals surface area contributed by atoms with E-state index in [1.54, 1.807) is 18.2 Å². The van der Waals surface area contributed by atoms with Crippen LogP contribution in [0.1, 0.15) is 12.1 Å². The average molecular weight is 391 g/mol. The van der Waals surface area contributed by atoms with Crippen molar-refractivity contribution in [1.82, 2.24) is 10.4 Å². The molecule has 1 aliphatic heterocycles. The second kappa shape index (κ2) is 8.06. The number of aromatic nitrogens is 1. The van der Waals surface area contributed by atoms with E-state index in [2.05, 4.69) is 10.4 Å². The van der Waals surface area contributed by atoms with E-state index in [1.165, 1.54) is 16.3 Å². The lowest BCUT2D eigenvalue weighted by Gasteiger charge is -2.28. The molecule has 1 aliphatic rings. The van der Waals surface area contributed by atoms with E-state index in [0.29, 0.717) is 11.4 Å². The zero-order valence-corrected chi connectivity index (χ0v) is 15.7. The summed E-state index contributed by atoms with van der Waals surface area (Å²) >= 11 is 1.50. The van der Waals surface area contributed by atoms with Gasteiger partial charge in [0.25, 0.3) is 0 Å². The van der Waals surface area contributed by atoms with Gasteiger partial charge in [0, 0.05) is 17.4 Å². The third-order valence-corrected chi connectivity index (χ3v) is 5.06. The quantitative estimate of drug-likeness (QED) is 0.672. The zero-order valence-electron chi connectivity index (χ0n) is 14.9. The van der Waals surface area contributed by atoms with Gasteiger partial charge in [-0.1, -0.05) is 48.5 Å². The van der Waals surface area contributed by atoms with Crippen LogP contribution in [0, 0.1) is 0 Å². The van der Waals surface area contributed by atoms with Crippen LogP contribution in [0.4, 0.5) is 5.69 Å². The largest absolute Gasteiger partial charge is 0.454 e. The maximum absolute atomic E-state index is 12.4. The Balaban J connectivity index is 1.39. The predicted octanol–water partition coefficient (Wildman–Crippen LogP) is 3.68. The third kappa shape index (κ3) is 3.94. The third-order valence-electron chi connectivity index (χ3n) is 4.12. The Hall–Kier alpha value is -3.45. The monoisotopic (exact) mass is 391 g/mol. The van der Waals surface area contributed by atoms with Crippen molar-refractivity contribution in [1.29, 1.82) is 0 Å². The second-order valence-corrected chi connectivity index (χ2v) is 6.94. The van der Waals surface area contributed by atoms with Crippen molar-refractivity contribution in [3.63, 3.8) is 0 Å². The molecule has 1 aromatic heterocycles. The molecular weight excluding hydrogens is 374 g/mol. The molecule has 4 rings (SSSR count). The van der Waals surface area contributed by atoms with Crippen LogP contribution >= 0.6 is 11.3 Å². The van der Waals surface area contributed by atoms with E-state index < -0.39 is 5.97 Å². The number of carbonyl (C=O) groups is 2. The summed E-state index contributed by atoms with van der Waals surface area (Å²) in [5, 5.41) is 4.10. The highest BCUT2D eigenvalue weighted by Gasteiger charge is 2.25. The molecule has 140 valence electrons. The number of anilines is 1. The molecule has 1 N–H and O–H groups in total. The summed E-state index contributed by atoms with van der Waals surface area (Å²) < 4.78 is 5.37. The first-order chi connectivity index (χ1) is 13.7. The summed E-state index contributed by atoms with van der Waals surface area (Å²) in [7, 11) is 0. The van der Waals surface area contributed by atoms with Crippen molar-refractivity contribution < 1.29 is 14.3 Å². The van der Waals surface area contributed by atoms with Crippen LogP contribution < -0.4 is 10.4 Å². The van der Waals surface area contributed by atoms with Gasteiger partial charge in [-0.15, -0.1) is 11.3 Å². The molecule has 2 heterocycles. The molecule has 0 spiro atoms. The summed E-state index contributed by atoms with van der Waals surface area (Å²) in [5.74, 6) is -0.669. The molecule has 1 amide bonds. The lowest BCUT2D eigenvalue weighted by atomic mass is 10.2. The van der Waals surface area contributed by atoms with E-state index in [4.69, 9.17) is 4.74 Å². The molecular formula is C21H17N3O3S. The fourth-order valence-corrected chi connectivity index (χ4v) is 3.54. The fourth-order valence-electron chi connectivity index (χ4n) is 2.73. The SMILES string of the molecule is O=C(OCc1csc(-c2ccccc2)n1)C1=CCC(=O)N(c2ccccc2)N1. The van der Waals surface area contributed by atoms with Crippen LogP contribution in [-0.4, -0.2) is 16.9 Å². The van der Waals surface area contributed by atoms with E-state index in [-0.39, 0.29) is 24.6 Å². The summed E-state index contributed by atoms with van der Waals surface area (Å²) in [5.41, 5.74) is 5.45. The van der Waals surface area contributed by atoms with Crippen molar-refractivity contribution in [3.05, 3.63) is 83.5 Å². The molecule has 0 aliphatic carbocycles. The number of rotatable bonds is 5. The molecule has 0 radical (unpaired) electrons. The maximum Gasteiger partial charge on any atom is 0.356 e. The number of para-hydroxylation sites is 1. The van der Waals surface area contributed by atoms with E-state index >= 15 is 0 Å². The lowest BCUT2D eigenvalue weighted by molar-refractivity contribution is -0.141. The van der Waals surface area contributed by atoms with Crippen molar-refractivity contribution >= 4 is 28.9 Å². The second-order valence-electron chi connectivity index (χ2n) is 6.08. The smallest absolute Gasteiger partial charge is 0.356 e. The lowest BCUT2D eigenvalue weighted by Crippen LogP contribution is -2.47. The number of amides is 1. The highest BCUT2D eigenvalue weighted by atomic mass is 32.1. The van der Waals surface area contributed by atoms with Crippen LogP contribution in [0.2, 0.25) is 0 Å². The van der Waals surface area contributed by atoms with Crippen molar-refractivity contribution in [2.24, 2.45) is 0 Å². The molecule has 0 bridgehead atoms. The Kier molecular flexibility index (Phi) is 5.16. The number of benzene rings is 2. The van der Waals surface area contributed by atoms with Gasteiger partial charge in [0.05, 0.1) is 11.4 Å². The van der Waals surface area contributed by atoms with Crippen molar-refractivity contribution in [2.45, 2.75) is 13.0 Å². The van der Waals surface area contributed by atoms with Crippen molar-refractivity contribution in [3.8, 4) is 10.6 Å². The van der Waals surface area contributed by atoms with Crippen molar-refractivity contribution in [2.75, 3.05) is 5.01 Å². The number of hydrogen-bond donors (Lipinski definition) is 1. The first-order valence-electron chi connectivity index (χ1n) is 8.72. The van der Waals surface area contributed by atoms with Crippen LogP contribution in [0.15, 0.2) is 77.8 Å². The topological polar surface area (TPSA) is 71.5 Å². The van der Waals surface area contributed by atoms with Gasteiger partial charge >= 0.3 is 5.97 Å². The molecule has 0 saturated heterocycles. The van der Waals surface area contributed by atoms with Crippen LogP contribution in [0.3, 0.4) is 0 Å². The summed E-state index contributed by atoms with van der Waals surface area (Å²) in [6, 6.07) is 18.9. The number of thiazole rings is 1. The van der Waals surface area contributed by atoms with Gasteiger partial charge in [-0.05, 0) is 18.2 Å². The molecule has 6 nitrogen and oxygen atoms in total. The Labute approximate surface area is 166 Å². The Morgan fingerprint density at radius 1 is 1.11 bits per heavy atom.